The molecule has 2 aromatic rings. The van der Waals surface area contributed by atoms with E-state index >= 15 is 0 Å². The maximum Gasteiger partial charge on any atom is 0.132 e. The standard InChI is InChI=1S/C15H22N4O/c1-10(2)19-14(13(8-16)17-18-19)9-20-15-11(3)6-5-7-12(15)4/h5-7,10H,8-9,16H2,1-4H3. The van der Waals surface area contributed by atoms with Crippen LogP contribution in [0, 0.1) is 13.8 Å². The number of hydrogen-bond donors (Lipinski definition) is 1. The van der Waals surface area contributed by atoms with Crippen molar-refractivity contribution in [2.24, 2.45) is 5.73 Å². The van der Waals surface area contributed by atoms with E-state index in [0.29, 0.717) is 13.2 Å². The Balaban J connectivity index is 2.24. The maximum absolute atomic E-state index is 5.99. The zero-order valence-corrected chi connectivity index (χ0v) is 12.6. The molecule has 1 heterocycles. The number of rotatable bonds is 5. The van der Waals surface area contributed by atoms with E-state index in [1.54, 1.807) is 0 Å². The van der Waals surface area contributed by atoms with Gasteiger partial charge in [0, 0.05) is 12.6 Å². The second kappa shape index (κ2) is 6.05. The normalized spacial score (nSPS) is 11.1. The molecule has 1 aromatic carbocycles. The first-order chi connectivity index (χ1) is 9.54. The minimum atomic E-state index is 0.236. The van der Waals surface area contributed by atoms with Gasteiger partial charge in [0.05, 0.1) is 0 Å². The number of para-hydroxylation sites is 1. The molecule has 0 unspecified atom stereocenters. The average Bonchev–Trinajstić information content (AvgIpc) is 2.81. The minimum Gasteiger partial charge on any atom is -0.487 e. The quantitative estimate of drug-likeness (QED) is 0.909. The summed E-state index contributed by atoms with van der Waals surface area (Å²) >= 11 is 0. The topological polar surface area (TPSA) is 66.0 Å². The number of aryl methyl sites for hydroxylation is 2. The molecule has 1 aromatic heterocycles. The van der Waals surface area contributed by atoms with Gasteiger partial charge in [0.25, 0.3) is 0 Å². The fourth-order valence-corrected chi connectivity index (χ4v) is 2.24. The fourth-order valence-electron chi connectivity index (χ4n) is 2.24. The summed E-state index contributed by atoms with van der Waals surface area (Å²) in [7, 11) is 0. The Morgan fingerprint density at radius 3 is 2.45 bits per heavy atom. The fraction of sp³-hybridized carbons (Fsp3) is 0.467. The van der Waals surface area contributed by atoms with Gasteiger partial charge in [0.2, 0.25) is 0 Å². The molecule has 0 bridgehead atoms. The van der Waals surface area contributed by atoms with E-state index < -0.39 is 0 Å². The summed E-state index contributed by atoms with van der Waals surface area (Å²) in [4.78, 5) is 0. The lowest BCUT2D eigenvalue weighted by Crippen LogP contribution is -2.13. The number of benzene rings is 1. The first kappa shape index (κ1) is 14.5. The SMILES string of the molecule is Cc1cccc(C)c1OCc1c(CN)nnn1C(C)C. The van der Waals surface area contributed by atoms with E-state index in [9.17, 15) is 0 Å². The third-order valence-electron chi connectivity index (χ3n) is 3.32. The number of ether oxygens (including phenoxy) is 1. The predicted octanol–water partition coefficient (Wildman–Crippen LogP) is 2.51. The zero-order valence-electron chi connectivity index (χ0n) is 12.6. The van der Waals surface area contributed by atoms with Gasteiger partial charge in [0.15, 0.2) is 0 Å². The van der Waals surface area contributed by atoms with Gasteiger partial charge in [-0.25, -0.2) is 4.68 Å². The monoisotopic (exact) mass is 274 g/mol. The molecule has 0 aliphatic rings. The average molecular weight is 274 g/mol. The highest BCUT2D eigenvalue weighted by Gasteiger charge is 2.15. The van der Waals surface area contributed by atoms with Crippen molar-refractivity contribution in [3.8, 4) is 5.75 Å². The summed E-state index contributed by atoms with van der Waals surface area (Å²) in [5.74, 6) is 0.923. The molecule has 0 radical (unpaired) electrons. The van der Waals surface area contributed by atoms with Gasteiger partial charge in [-0.15, -0.1) is 5.10 Å². The van der Waals surface area contributed by atoms with Crippen LogP contribution in [-0.2, 0) is 13.2 Å². The van der Waals surface area contributed by atoms with Gasteiger partial charge in [0.1, 0.15) is 23.7 Å². The molecular weight excluding hydrogens is 252 g/mol. The maximum atomic E-state index is 5.99. The van der Waals surface area contributed by atoms with Crippen LogP contribution in [-0.4, -0.2) is 15.0 Å². The summed E-state index contributed by atoms with van der Waals surface area (Å²) in [6, 6.07) is 6.36. The molecule has 0 atom stereocenters. The molecule has 0 amide bonds. The van der Waals surface area contributed by atoms with Crippen LogP contribution in [0.2, 0.25) is 0 Å². The molecule has 0 saturated heterocycles. The van der Waals surface area contributed by atoms with Crippen molar-refractivity contribution in [2.75, 3.05) is 0 Å². The van der Waals surface area contributed by atoms with E-state index in [2.05, 4.69) is 24.2 Å². The van der Waals surface area contributed by atoms with Crippen molar-refractivity contribution in [3.05, 3.63) is 40.7 Å². The Morgan fingerprint density at radius 1 is 1.25 bits per heavy atom. The van der Waals surface area contributed by atoms with Crippen LogP contribution in [0.5, 0.6) is 5.75 Å². The minimum absolute atomic E-state index is 0.236. The van der Waals surface area contributed by atoms with Crippen molar-refractivity contribution in [3.63, 3.8) is 0 Å². The number of nitrogens with zero attached hydrogens (tertiary/aromatic N) is 3. The highest BCUT2D eigenvalue weighted by atomic mass is 16.5. The van der Waals surface area contributed by atoms with Crippen molar-refractivity contribution in [1.29, 1.82) is 0 Å². The first-order valence-electron chi connectivity index (χ1n) is 6.86. The lowest BCUT2D eigenvalue weighted by atomic mass is 10.1. The summed E-state index contributed by atoms with van der Waals surface area (Å²) < 4.78 is 7.86. The van der Waals surface area contributed by atoms with Crippen molar-refractivity contribution in [2.45, 2.75) is 46.9 Å². The van der Waals surface area contributed by atoms with Gasteiger partial charge in [-0.2, -0.15) is 0 Å². The number of aromatic nitrogens is 3. The Morgan fingerprint density at radius 2 is 1.90 bits per heavy atom. The largest absolute Gasteiger partial charge is 0.487 e. The van der Waals surface area contributed by atoms with E-state index in [-0.39, 0.29) is 6.04 Å². The van der Waals surface area contributed by atoms with Gasteiger partial charge >= 0.3 is 0 Å². The van der Waals surface area contributed by atoms with Crippen LogP contribution >= 0.6 is 0 Å². The first-order valence-corrected chi connectivity index (χ1v) is 6.86. The zero-order chi connectivity index (χ0) is 14.7. The molecule has 2 N–H and O–H groups in total. The molecule has 20 heavy (non-hydrogen) atoms. The van der Waals surface area contributed by atoms with E-state index in [1.165, 1.54) is 0 Å². The summed E-state index contributed by atoms with van der Waals surface area (Å²) in [6.45, 7) is 9.03. The molecule has 2 rings (SSSR count). The second-order valence-corrected chi connectivity index (χ2v) is 5.23. The molecule has 108 valence electrons. The summed E-state index contributed by atoms with van der Waals surface area (Å²) in [5, 5.41) is 8.27. The van der Waals surface area contributed by atoms with Gasteiger partial charge < -0.3 is 10.5 Å². The van der Waals surface area contributed by atoms with Crippen molar-refractivity contribution >= 4 is 0 Å². The van der Waals surface area contributed by atoms with Crippen LogP contribution in [0.15, 0.2) is 18.2 Å². The molecule has 0 aliphatic heterocycles. The van der Waals surface area contributed by atoms with Crippen molar-refractivity contribution < 1.29 is 4.74 Å². The molecule has 0 aliphatic carbocycles. The van der Waals surface area contributed by atoms with Gasteiger partial charge in [-0.3, -0.25) is 0 Å². The Hall–Kier alpha value is -1.88. The van der Waals surface area contributed by atoms with E-state index in [1.807, 2.05) is 36.7 Å². The van der Waals surface area contributed by atoms with Crippen molar-refractivity contribution in [1.82, 2.24) is 15.0 Å². The lowest BCUT2D eigenvalue weighted by molar-refractivity contribution is 0.282. The molecule has 0 fully saturated rings. The van der Waals surface area contributed by atoms with Crippen LogP contribution in [0.25, 0.3) is 0 Å². The summed E-state index contributed by atoms with van der Waals surface area (Å²) in [5.41, 5.74) is 9.72. The third-order valence-corrected chi connectivity index (χ3v) is 3.32. The smallest absolute Gasteiger partial charge is 0.132 e. The lowest BCUT2D eigenvalue weighted by Gasteiger charge is -2.14. The van der Waals surface area contributed by atoms with Crippen LogP contribution in [0.4, 0.5) is 0 Å². The Labute approximate surface area is 119 Å². The van der Waals surface area contributed by atoms with E-state index in [0.717, 1.165) is 28.3 Å². The van der Waals surface area contributed by atoms with Gasteiger partial charge in [-0.1, -0.05) is 23.4 Å². The predicted molar refractivity (Wildman–Crippen MR) is 78.5 cm³/mol. The van der Waals surface area contributed by atoms with Gasteiger partial charge in [-0.05, 0) is 38.8 Å². The molecule has 5 heteroatoms. The molecule has 0 saturated carbocycles. The highest BCUT2D eigenvalue weighted by Crippen LogP contribution is 2.24. The highest BCUT2D eigenvalue weighted by molar-refractivity contribution is 5.39. The Bertz CT molecular complexity index is 569. The van der Waals surface area contributed by atoms with Crippen LogP contribution in [0.1, 0.15) is 42.4 Å². The molecule has 5 nitrogen and oxygen atoms in total. The number of nitrogens with two attached hydrogens (primary N) is 1. The van der Waals surface area contributed by atoms with E-state index in [4.69, 9.17) is 10.5 Å². The molecule has 0 spiro atoms. The van der Waals surface area contributed by atoms with Crippen LogP contribution in [0.3, 0.4) is 0 Å². The van der Waals surface area contributed by atoms with Crippen LogP contribution < -0.4 is 10.5 Å². The Kier molecular flexibility index (Phi) is 4.39. The number of hydrogen-bond acceptors (Lipinski definition) is 4. The third kappa shape index (κ3) is 2.82. The second-order valence-electron chi connectivity index (χ2n) is 5.23. The summed E-state index contributed by atoms with van der Waals surface area (Å²) in [6.07, 6.45) is 0. The molecular formula is C15H22N4O.